The van der Waals surface area contributed by atoms with E-state index in [0.29, 0.717) is 11.5 Å². The van der Waals surface area contributed by atoms with E-state index in [2.05, 4.69) is 302 Å². The number of ether oxygens (including phenoxy) is 1. The van der Waals surface area contributed by atoms with Crippen LogP contribution in [-0.2, 0) is 42.7 Å². The molecule has 11 rings (SSSR count). The average Bonchev–Trinajstić information content (AvgIpc) is 4.07. The Bertz CT molecular complexity index is 3860. The van der Waals surface area contributed by atoms with Crippen molar-refractivity contribution < 1.29 is 30.4 Å². The first-order valence-electron chi connectivity index (χ1n) is 26.1. The smallest absolute Gasteiger partial charge is 0.267 e. The van der Waals surface area contributed by atoms with E-state index in [1.165, 1.54) is 27.8 Å². The number of benzene rings is 8. The van der Waals surface area contributed by atoms with Gasteiger partial charge in [-0.05, 0) is 96.6 Å². The Kier molecular flexibility index (Phi) is 13.8. The number of para-hydroxylation sites is 1. The molecule has 0 aliphatic rings. The molecule has 382 valence electrons. The van der Waals surface area contributed by atoms with E-state index in [1.807, 2.05) is 6.20 Å². The maximum absolute atomic E-state index is 7.29. The molecule has 0 unspecified atom stereocenters. The maximum Gasteiger partial charge on any atom is 0.267 e. The quantitative estimate of drug-likeness (QED) is 0.0956. The predicted octanol–water partition coefficient (Wildman–Crippen LogP) is 17.0. The van der Waals surface area contributed by atoms with E-state index >= 15 is 0 Å². The monoisotopic (exact) mass is 1170 g/mol. The summed E-state index contributed by atoms with van der Waals surface area (Å²) in [6.07, 6.45) is 8.04. The molecule has 5 nitrogen and oxygen atoms in total. The van der Waals surface area contributed by atoms with Crippen LogP contribution in [0.4, 0.5) is 0 Å². The molecule has 76 heavy (non-hydrogen) atoms. The number of nitrogens with zero attached hydrogens (tertiary/aromatic N) is 4. The van der Waals surface area contributed by atoms with Crippen LogP contribution in [0.25, 0.3) is 61.3 Å². The molecule has 3 aromatic heterocycles. The second kappa shape index (κ2) is 20.2. The molecule has 11 aromatic rings. The van der Waals surface area contributed by atoms with Crippen LogP contribution >= 0.6 is 0 Å². The van der Waals surface area contributed by atoms with Gasteiger partial charge in [0, 0.05) is 55.9 Å². The van der Waals surface area contributed by atoms with Crippen LogP contribution in [0.3, 0.4) is 0 Å². The zero-order valence-corrected chi connectivity index (χ0v) is 47.4. The number of aromatic nitrogens is 4. The first-order valence-corrected chi connectivity index (χ1v) is 26.1. The summed E-state index contributed by atoms with van der Waals surface area (Å²) in [5.74, 6) is 1.97. The minimum atomic E-state index is -0.465. The zero-order valence-electron chi connectivity index (χ0n) is 45.1. The minimum Gasteiger partial charge on any atom is -0.510 e. The van der Waals surface area contributed by atoms with Crippen LogP contribution in [0.1, 0.15) is 103 Å². The normalized spacial score (nSPS) is 12.2. The van der Waals surface area contributed by atoms with Crippen molar-refractivity contribution in [2.24, 2.45) is 0 Å². The largest absolute Gasteiger partial charge is 0.510 e. The van der Waals surface area contributed by atoms with Crippen molar-refractivity contribution in [2.45, 2.75) is 90.9 Å². The van der Waals surface area contributed by atoms with Crippen LogP contribution in [0, 0.1) is 18.5 Å². The molecular weight excluding hydrogens is 1110 g/mol. The van der Waals surface area contributed by atoms with E-state index in [0.717, 1.165) is 66.9 Å². The van der Waals surface area contributed by atoms with E-state index in [9.17, 15) is 0 Å². The zero-order chi connectivity index (χ0) is 52.3. The Morgan fingerprint density at radius 1 is 0.487 bits per heavy atom. The summed E-state index contributed by atoms with van der Waals surface area (Å²) in [7, 11) is 0. The van der Waals surface area contributed by atoms with Gasteiger partial charge in [0.05, 0.1) is 11.4 Å². The fourth-order valence-corrected chi connectivity index (χ4v) is 10.5. The van der Waals surface area contributed by atoms with Crippen molar-refractivity contribution in [3.63, 3.8) is 0 Å². The molecular formula is C70H64N4OPt-2. The Balaban J connectivity index is 0.00000657. The molecule has 0 fully saturated rings. The number of rotatable bonds is 11. The fourth-order valence-electron chi connectivity index (χ4n) is 10.5. The summed E-state index contributed by atoms with van der Waals surface area (Å²) in [5.41, 5.74) is 14.0. The van der Waals surface area contributed by atoms with Crippen LogP contribution in [0.5, 0.6) is 11.5 Å². The molecule has 0 N–H and O–H groups in total. The topological polar surface area (TPSA) is 35.9 Å². The van der Waals surface area contributed by atoms with Crippen molar-refractivity contribution in [3.05, 3.63) is 258 Å². The molecule has 0 saturated carbocycles. The molecule has 0 radical (unpaired) electrons. The van der Waals surface area contributed by atoms with Gasteiger partial charge in [0.25, 0.3) is 6.33 Å². The van der Waals surface area contributed by atoms with Crippen molar-refractivity contribution in [1.82, 2.24) is 14.1 Å². The summed E-state index contributed by atoms with van der Waals surface area (Å²) in [5, 5.41) is 2.24. The number of imidazole rings is 1. The summed E-state index contributed by atoms with van der Waals surface area (Å²) in [6, 6.07) is 76.7. The van der Waals surface area contributed by atoms with Crippen molar-refractivity contribution in [3.8, 4) is 50.9 Å². The maximum atomic E-state index is 7.29. The second-order valence-corrected chi connectivity index (χ2v) is 23.0. The summed E-state index contributed by atoms with van der Waals surface area (Å²) >= 11 is 0. The van der Waals surface area contributed by atoms with Gasteiger partial charge in [-0.25, -0.2) is 4.98 Å². The van der Waals surface area contributed by atoms with Crippen molar-refractivity contribution >= 4 is 21.8 Å². The van der Waals surface area contributed by atoms with E-state index in [-0.39, 0.29) is 31.9 Å². The summed E-state index contributed by atoms with van der Waals surface area (Å²) < 4.78 is 13.9. The number of hydrogen-bond donors (Lipinski definition) is 0. The first kappa shape index (κ1) is 51.9. The van der Waals surface area contributed by atoms with Gasteiger partial charge in [0.2, 0.25) is 0 Å². The molecule has 8 aromatic carbocycles. The fraction of sp³-hybridized carbons (Fsp3) is 0.200. The van der Waals surface area contributed by atoms with Crippen LogP contribution in [0.2, 0.25) is 0 Å². The SMILES string of the molecule is CC(C)(C)c1cc(-c2ccccc2)cc(-[n+]2[c-]n(-c3[c-]c(Oc4[c-]c5c(c(C(C)(C)c6ccccc6)c4)c4ccccc4n5-c4cc(C(C)(C)C)ccn4)cc(-c4ccccc4)c3)c(C(C)(C)c3ccccc3)c2)c1.[Pt]. The van der Waals surface area contributed by atoms with Crippen molar-refractivity contribution in [1.29, 1.82) is 0 Å². The Labute approximate surface area is 463 Å². The number of fused-ring (bicyclic) bond motifs is 3. The predicted molar refractivity (Wildman–Crippen MR) is 308 cm³/mol. The van der Waals surface area contributed by atoms with Gasteiger partial charge >= 0.3 is 0 Å². The Hall–Kier alpha value is -7.59. The van der Waals surface area contributed by atoms with Gasteiger partial charge in [-0.3, -0.25) is 4.57 Å². The Morgan fingerprint density at radius 3 is 1.66 bits per heavy atom. The molecule has 6 heteroatoms. The van der Waals surface area contributed by atoms with Gasteiger partial charge in [-0.1, -0.05) is 226 Å². The van der Waals surface area contributed by atoms with Crippen LogP contribution in [0.15, 0.2) is 207 Å². The van der Waals surface area contributed by atoms with Gasteiger partial charge in [0.15, 0.2) is 0 Å². The third kappa shape index (κ3) is 9.90. The van der Waals surface area contributed by atoms with E-state index in [1.54, 1.807) is 0 Å². The molecule has 3 heterocycles. The first-order chi connectivity index (χ1) is 35.9. The van der Waals surface area contributed by atoms with Gasteiger partial charge in [0.1, 0.15) is 5.82 Å². The van der Waals surface area contributed by atoms with Crippen LogP contribution < -0.4 is 9.30 Å². The Morgan fingerprint density at radius 2 is 1.04 bits per heavy atom. The third-order valence-electron chi connectivity index (χ3n) is 15.1. The molecule has 0 spiro atoms. The van der Waals surface area contributed by atoms with Gasteiger partial charge < -0.3 is 13.9 Å². The summed E-state index contributed by atoms with van der Waals surface area (Å²) in [6.45, 7) is 22.7. The third-order valence-corrected chi connectivity index (χ3v) is 15.1. The van der Waals surface area contributed by atoms with Crippen molar-refractivity contribution in [2.75, 3.05) is 0 Å². The summed E-state index contributed by atoms with van der Waals surface area (Å²) in [4.78, 5) is 5.05. The van der Waals surface area contributed by atoms with Crippen LogP contribution in [-0.4, -0.2) is 14.1 Å². The standard InChI is InChI=1S/C70H64N4O.Pt/c1-67(2,3)54-35-36-71-65(42-54)74-62-34-24-23-33-60(62)66-61(69(7,8)52-29-19-13-20-30-52)44-59(45-63(66)74)75-58-40-51(49-27-17-12-18-28-49)39-57(43-58)73-47-72(46-64(73)70(9,10)53-31-21-14-22-32-53)56-38-50(48-25-15-11-16-26-48)37-55(41-56)68(4,5)6;/h11-42,44,46H,1-10H3;/q-2;. The van der Waals surface area contributed by atoms with E-state index in [4.69, 9.17) is 9.72 Å². The van der Waals surface area contributed by atoms with Gasteiger partial charge in [-0.15, -0.1) is 35.4 Å². The second-order valence-electron chi connectivity index (χ2n) is 23.0. The molecule has 0 atom stereocenters. The molecule has 0 aliphatic carbocycles. The molecule has 0 aliphatic heterocycles. The molecule has 0 bridgehead atoms. The average molecular weight is 1170 g/mol. The number of pyridine rings is 1. The van der Waals surface area contributed by atoms with E-state index < -0.39 is 10.8 Å². The molecule has 0 amide bonds. The minimum absolute atomic E-state index is 0. The van der Waals surface area contributed by atoms with Gasteiger partial charge in [-0.2, -0.15) is 6.07 Å². The molecule has 0 saturated heterocycles. The number of hydrogen-bond acceptors (Lipinski definition) is 2.